The molecule has 288 valence electrons. The van der Waals surface area contributed by atoms with Crippen molar-refractivity contribution in [2.75, 3.05) is 13.2 Å². The second kappa shape index (κ2) is 13.1. The number of hydrogen-bond acceptors (Lipinski definition) is 8. The van der Waals surface area contributed by atoms with Gasteiger partial charge in [-0.25, -0.2) is 4.98 Å². The lowest BCUT2D eigenvalue weighted by molar-refractivity contribution is -0.252. The number of nitrogens with zero attached hydrogens (tertiary/aromatic N) is 1. The van der Waals surface area contributed by atoms with Gasteiger partial charge in [0.15, 0.2) is 5.76 Å². The number of hydrogen-bond donors (Lipinski definition) is 0. The van der Waals surface area contributed by atoms with Crippen molar-refractivity contribution in [3.05, 3.63) is 52.0 Å². The van der Waals surface area contributed by atoms with Gasteiger partial charge in [0.2, 0.25) is 11.6 Å². The lowest BCUT2D eigenvalue weighted by Gasteiger charge is -2.73. The molecule has 8 nitrogen and oxygen atoms in total. The van der Waals surface area contributed by atoms with Crippen LogP contribution in [0.1, 0.15) is 139 Å². The highest BCUT2D eigenvalue weighted by Gasteiger charge is 2.71. The number of rotatable bonds is 7. The van der Waals surface area contributed by atoms with Gasteiger partial charge in [-0.3, -0.25) is 19.2 Å². The average Bonchev–Trinajstić information content (AvgIpc) is 3.48. The van der Waals surface area contributed by atoms with Crippen LogP contribution in [0.3, 0.4) is 0 Å². The third-order valence-corrected chi connectivity index (χ3v) is 16.8. The summed E-state index contributed by atoms with van der Waals surface area (Å²) in [5.41, 5.74) is 1.82. The molecule has 6 aliphatic carbocycles. The molecule has 0 unspecified atom stereocenters. The molecule has 9 heteroatoms. The van der Waals surface area contributed by atoms with Crippen LogP contribution in [0.25, 0.3) is 0 Å². The lowest BCUT2D eigenvalue weighted by Crippen LogP contribution is -2.67. The van der Waals surface area contributed by atoms with Gasteiger partial charge in [0, 0.05) is 30.4 Å². The fourth-order valence-electron chi connectivity index (χ4n) is 13.8. The Bertz CT molecular complexity index is 1800. The van der Waals surface area contributed by atoms with Crippen molar-refractivity contribution in [3.63, 3.8) is 0 Å². The zero-order valence-corrected chi connectivity index (χ0v) is 33.8. The van der Waals surface area contributed by atoms with Gasteiger partial charge in [0.05, 0.1) is 12.2 Å². The molecule has 0 aromatic carbocycles. The predicted octanol–water partition coefficient (Wildman–Crippen LogP) is 9.37. The first-order chi connectivity index (χ1) is 24.8. The maximum Gasteiger partial charge on any atom is 0.302 e. The molecule has 1 aromatic rings. The number of Topliss-reactive ketones (excluding diaryl/α,β-unsaturated/α-hetero) is 2. The van der Waals surface area contributed by atoms with Gasteiger partial charge >= 0.3 is 11.9 Å². The molecule has 0 amide bonds. The van der Waals surface area contributed by atoms with Crippen molar-refractivity contribution < 1.29 is 33.4 Å². The first-order valence-electron chi connectivity index (χ1n) is 19.9. The first kappa shape index (κ1) is 38.3. The fraction of sp³-hybridized carbons (Fsp3) is 0.705. The van der Waals surface area contributed by atoms with Gasteiger partial charge in [0.25, 0.3) is 0 Å². The Balaban J connectivity index is 1.17. The molecule has 0 saturated heterocycles. The van der Waals surface area contributed by atoms with Crippen LogP contribution in [-0.4, -0.2) is 47.8 Å². The van der Waals surface area contributed by atoms with Crippen LogP contribution in [0.15, 0.2) is 35.1 Å². The molecule has 5 fully saturated rings. The summed E-state index contributed by atoms with van der Waals surface area (Å²) in [5, 5.41) is -0.220. The molecule has 0 bridgehead atoms. The van der Waals surface area contributed by atoms with E-state index in [-0.39, 0.29) is 85.6 Å². The lowest BCUT2D eigenvalue weighted by atomic mass is 9.32. The first-order valence-corrected chi connectivity index (χ1v) is 20.3. The maximum absolute atomic E-state index is 13.5. The largest absolute Gasteiger partial charge is 0.483 e. The number of ketones is 2. The van der Waals surface area contributed by atoms with Gasteiger partial charge in [0.1, 0.15) is 23.4 Å². The molecule has 0 spiro atoms. The molecule has 1 aromatic heterocycles. The minimum absolute atomic E-state index is 0.0544. The van der Waals surface area contributed by atoms with E-state index >= 15 is 0 Å². The quantitative estimate of drug-likeness (QED) is 0.201. The van der Waals surface area contributed by atoms with E-state index in [0.29, 0.717) is 30.1 Å². The van der Waals surface area contributed by atoms with Gasteiger partial charge in [-0.15, -0.1) is 0 Å². The highest BCUT2D eigenvalue weighted by Crippen LogP contribution is 2.77. The van der Waals surface area contributed by atoms with Crippen LogP contribution in [0.2, 0.25) is 0 Å². The Morgan fingerprint density at radius 1 is 0.868 bits per heavy atom. The highest BCUT2D eigenvalue weighted by molar-refractivity contribution is 6.49. The number of aryl methyl sites for hydroxylation is 1. The maximum atomic E-state index is 13.5. The number of aromatic nitrogens is 1. The van der Waals surface area contributed by atoms with Crippen molar-refractivity contribution in [2.45, 2.75) is 126 Å². The van der Waals surface area contributed by atoms with Gasteiger partial charge in [-0.2, -0.15) is 0 Å². The summed E-state index contributed by atoms with van der Waals surface area (Å²) in [7, 11) is 0. The average molecular weight is 748 g/mol. The second-order valence-corrected chi connectivity index (χ2v) is 19.4. The number of fused-ring (bicyclic) bond motifs is 8. The Morgan fingerprint density at radius 2 is 1.60 bits per heavy atom. The van der Waals surface area contributed by atoms with Crippen LogP contribution in [0.5, 0.6) is 0 Å². The number of esters is 2. The van der Waals surface area contributed by atoms with Gasteiger partial charge in [-0.05, 0) is 135 Å². The molecular formula is C44H58ClNO7. The third-order valence-electron chi connectivity index (χ3n) is 16.4. The number of allylic oxidation sites excluding steroid dienone is 2. The Morgan fingerprint density at radius 3 is 2.30 bits per heavy atom. The summed E-state index contributed by atoms with van der Waals surface area (Å²) in [6.45, 7) is 22.2. The van der Waals surface area contributed by atoms with E-state index in [9.17, 15) is 19.2 Å². The van der Waals surface area contributed by atoms with Crippen LogP contribution in [0.4, 0.5) is 0 Å². The Labute approximate surface area is 320 Å². The van der Waals surface area contributed by atoms with Crippen molar-refractivity contribution >= 4 is 35.1 Å². The molecule has 7 rings (SSSR count). The zero-order chi connectivity index (χ0) is 38.5. The number of pyridine rings is 1. The van der Waals surface area contributed by atoms with Crippen molar-refractivity contribution in [2.24, 2.45) is 56.7 Å². The summed E-state index contributed by atoms with van der Waals surface area (Å²) in [5.74, 6) is 0.188. The van der Waals surface area contributed by atoms with Gasteiger partial charge < -0.3 is 14.2 Å². The highest BCUT2D eigenvalue weighted by atomic mass is 35.5. The standard InChI is InChI=1S/C44H58ClNO7/c1-24(22-51-39-35(45)37(49)29-11-10-25(2)46-36(29)38(39)50)28-14-19-44(23-52-26(3)47)21-20-42(8)30(34(28)44)12-13-32-41(7)17-16-33(53-27(4)48)40(5,6)31(41)15-18-43(32,42)9/h10-11,28,30-34H,1,12-23H2,2-9H3/t28-,30+,31-,32+,33-,34+,41-,42+,43+,44+/m0/s1. The number of ether oxygens (including phenoxy) is 3. The van der Waals surface area contributed by atoms with Crippen LogP contribution in [-0.2, 0) is 23.8 Å². The van der Waals surface area contributed by atoms with E-state index in [1.54, 1.807) is 19.1 Å². The Kier molecular flexibility index (Phi) is 9.43. The minimum Gasteiger partial charge on any atom is -0.483 e. The fourth-order valence-corrected chi connectivity index (χ4v) is 14.1. The van der Waals surface area contributed by atoms with Crippen LogP contribution in [0, 0.1) is 63.6 Å². The smallest absolute Gasteiger partial charge is 0.302 e. The molecule has 0 N–H and O–H groups in total. The zero-order valence-electron chi connectivity index (χ0n) is 33.0. The van der Waals surface area contributed by atoms with E-state index in [1.165, 1.54) is 13.8 Å². The minimum atomic E-state index is -0.484. The summed E-state index contributed by atoms with van der Waals surface area (Å²) in [4.78, 5) is 55.4. The van der Waals surface area contributed by atoms with E-state index < -0.39 is 11.6 Å². The van der Waals surface area contributed by atoms with Crippen LogP contribution >= 0.6 is 11.6 Å². The van der Waals surface area contributed by atoms with E-state index in [1.807, 2.05) is 0 Å². The number of halogens is 1. The molecule has 1 heterocycles. The van der Waals surface area contributed by atoms with E-state index in [4.69, 9.17) is 25.8 Å². The van der Waals surface area contributed by atoms with E-state index in [2.05, 4.69) is 46.2 Å². The molecule has 53 heavy (non-hydrogen) atoms. The summed E-state index contributed by atoms with van der Waals surface area (Å²) >= 11 is 6.50. The normalized spacial score (nSPS) is 39.9. The van der Waals surface area contributed by atoms with Crippen molar-refractivity contribution in [1.82, 2.24) is 4.98 Å². The topological polar surface area (TPSA) is 109 Å². The van der Waals surface area contributed by atoms with Crippen LogP contribution < -0.4 is 0 Å². The third kappa shape index (κ3) is 5.68. The summed E-state index contributed by atoms with van der Waals surface area (Å²) in [6.07, 6.45) is 10.3. The van der Waals surface area contributed by atoms with Crippen molar-refractivity contribution in [3.8, 4) is 0 Å². The molecule has 5 saturated carbocycles. The molecule has 0 aliphatic heterocycles. The van der Waals surface area contributed by atoms with Gasteiger partial charge in [-0.1, -0.05) is 52.8 Å². The number of carbonyl (C=O) groups is 4. The molecule has 10 atom stereocenters. The predicted molar refractivity (Wildman–Crippen MR) is 202 cm³/mol. The van der Waals surface area contributed by atoms with E-state index in [0.717, 1.165) is 69.8 Å². The SMILES string of the molecule is C=C(COC1=C(Cl)C(=O)c2ccc(C)nc2C1=O)[C@@H]1CC[C@]2(COC(C)=O)CC[C@]3(C)[C@H](CC[C@@H]4[C@@]5(C)CC[C@H](OC(C)=O)C(C)(C)[C@@H]5CC[C@]43C)[C@@H]12. The molecule has 6 aliphatic rings. The van der Waals surface area contributed by atoms with Crippen molar-refractivity contribution in [1.29, 1.82) is 0 Å². The summed E-state index contributed by atoms with van der Waals surface area (Å²) < 4.78 is 18.0. The number of carbonyl (C=O) groups excluding carboxylic acids is 4. The monoisotopic (exact) mass is 747 g/mol. The molecule has 0 radical (unpaired) electrons. The molecular weight excluding hydrogens is 690 g/mol. The second-order valence-electron chi connectivity index (χ2n) is 19.0. The Hall–Kier alpha value is -3.00. The summed E-state index contributed by atoms with van der Waals surface area (Å²) in [6, 6.07) is 3.28.